The summed E-state index contributed by atoms with van der Waals surface area (Å²) in [5.74, 6) is -0.776. The van der Waals surface area contributed by atoms with Crippen molar-refractivity contribution in [2.75, 3.05) is 16.8 Å². The van der Waals surface area contributed by atoms with E-state index in [0.29, 0.717) is 29.5 Å². The Labute approximate surface area is 162 Å². The number of carbonyl (C=O) groups is 3. The van der Waals surface area contributed by atoms with Crippen LogP contribution in [0.1, 0.15) is 18.9 Å². The summed E-state index contributed by atoms with van der Waals surface area (Å²) in [6, 6.07) is 14.2. The first-order chi connectivity index (χ1) is 12.9. The Morgan fingerprint density at radius 3 is 2.41 bits per heavy atom. The lowest BCUT2D eigenvalue weighted by atomic mass is 10.1. The summed E-state index contributed by atoms with van der Waals surface area (Å²) >= 11 is 5.85. The third-order valence-corrected chi connectivity index (χ3v) is 4.63. The molecular formula is C20H20ClN3O3. The third kappa shape index (κ3) is 4.86. The molecule has 0 bridgehead atoms. The van der Waals surface area contributed by atoms with Crippen molar-refractivity contribution >= 4 is 40.7 Å². The molecule has 1 saturated heterocycles. The zero-order valence-corrected chi connectivity index (χ0v) is 15.6. The minimum Gasteiger partial charge on any atom is -0.352 e. The molecule has 0 saturated carbocycles. The fraction of sp³-hybridized carbons (Fsp3) is 0.250. The summed E-state index contributed by atoms with van der Waals surface area (Å²) in [4.78, 5) is 37.4. The first-order valence-electron chi connectivity index (χ1n) is 8.62. The number of hydrogen-bond donors (Lipinski definition) is 2. The number of nitrogens with zero attached hydrogens (tertiary/aromatic N) is 1. The second-order valence-electron chi connectivity index (χ2n) is 6.48. The molecule has 3 amide bonds. The zero-order chi connectivity index (χ0) is 19.4. The monoisotopic (exact) mass is 385 g/mol. The van der Waals surface area contributed by atoms with Gasteiger partial charge in [0.15, 0.2) is 0 Å². The van der Waals surface area contributed by atoms with E-state index >= 15 is 0 Å². The number of nitrogens with one attached hydrogen (secondary N) is 2. The molecule has 1 fully saturated rings. The molecular weight excluding hydrogens is 366 g/mol. The van der Waals surface area contributed by atoms with Gasteiger partial charge in [-0.15, -0.1) is 0 Å². The summed E-state index contributed by atoms with van der Waals surface area (Å²) < 4.78 is 0. The van der Waals surface area contributed by atoms with Gasteiger partial charge in [0.2, 0.25) is 17.7 Å². The molecule has 0 aliphatic carbocycles. The Morgan fingerprint density at radius 2 is 1.78 bits per heavy atom. The van der Waals surface area contributed by atoms with Gasteiger partial charge in [0.25, 0.3) is 0 Å². The second kappa shape index (κ2) is 8.22. The van der Waals surface area contributed by atoms with E-state index < -0.39 is 0 Å². The molecule has 27 heavy (non-hydrogen) atoms. The van der Waals surface area contributed by atoms with Gasteiger partial charge in [-0.3, -0.25) is 14.4 Å². The number of halogens is 1. The average molecular weight is 386 g/mol. The van der Waals surface area contributed by atoms with Crippen LogP contribution in [0.2, 0.25) is 5.02 Å². The molecule has 1 unspecified atom stereocenters. The lowest BCUT2D eigenvalue weighted by molar-refractivity contribution is -0.126. The van der Waals surface area contributed by atoms with E-state index in [1.54, 1.807) is 41.3 Å². The van der Waals surface area contributed by atoms with E-state index in [1.807, 2.05) is 12.1 Å². The van der Waals surface area contributed by atoms with E-state index in [2.05, 4.69) is 10.6 Å². The van der Waals surface area contributed by atoms with Crippen LogP contribution in [0.25, 0.3) is 0 Å². The van der Waals surface area contributed by atoms with Crippen LogP contribution in [-0.4, -0.2) is 24.3 Å². The van der Waals surface area contributed by atoms with Crippen LogP contribution >= 0.6 is 11.6 Å². The standard InChI is InChI=1S/C20H20ClN3O3/c1-13(25)23-17-6-8-18(9-7-17)24-12-15(10-19(24)26)20(27)22-11-14-2-4-16(21)5-3-14/h2-9,15H,10-12H2,1H3,(H,22,27)(H,23,25). The summed E-state index contributed by atoms with van der Waals surface area (Å²) in [5, 5.41) is 6.20. The maximum absolute atomic E-state index is 12.4. The van der Waals surface area contributed by atoms with Gasteiger partial charge in [-0.2, -0.15) is 0 Å². The van der Waals surface area contributed by atoms with Gasteiger partial charge in [-0.05, 0) is 42.0 Å². The maximum atomic E-state index is 12.4. The van der Waals surface area contributed by atoms with Crippen molar-refractivity contribution in [3.63, 3.8) is 0 Å². The van der Waals surface area contributed by atoms with Crippen LogP contribution in [0.5, 0.6) is 0 Å². The van der Waals surface area contributed by atoms with Gasteiger partial charge < -0.3 is 15.5 Å². The quantitative estimate of drug-likeness (QED) is 0.830. The molecule has 1 aliphatic heterocycles. The predicted molar refractivity (Wildman–Crippen MR) is 105 cm³/mol. The minimum atomic E-state index is -0.389. The minimum absolute atomic E-state index is 0.0890. The highest BCUT2D eigenvalue weighted by Gasteiger charge is 2.34. The van der Waals surface area contributed by atoms with Crippen LogP contribution in [-0.2, 0) is 20.9 Å². The Kier molecular flexibility index (Phi) is 5.76. The normalized spacial score (nSPS) is 16.3. The highest BCUT2D eigenvalue weighted by atomic mass is 35.5. The van der Waals surface area contributed by atoms with Gasteiger partial charge >= 0.3 is 0 Å². The van der Waals surface area contributed by atoms with Gasteiger partial charge in [-0.1, -0.05) is 23.7 Å². The highest BCUT2D eigenvalue weighted by Crippen LogP contribution is 2.26. The largest absolute Gasteiger partial charge is 0.352 e. The molecule has 0 spiro atoms. The molecule has 0 aromatic heterocycles. The molecule has 1 atom stereocenters. The molecule has 0 radical (unpaired) electrons. The fourth-order valence-electron chi connectivity index (χ4n) is 3.00. The van der Waals surface area contributed by atoms with E-state index in [-0.39, 0.29) is 30.1 Å². The van der Waals surface area contributed by atoms with Gasteiger partial charge in [-0.25, -0.2) is 0 Å². The number of carbonyl (C=O) groups excluding carboxylic acids is 3. The highest BCUT2D eigenvalue weighted by molar-refractivity contribution is 6.30. The van der Waals surface area contributed by atoms with Crippen LogP contribution in [0.3, 0.4) is 0 Å². The number of hydrogen-bond acceptors (Lipinski definition) is 3. The first-order valence-corrected chi connectivity index (χ1v) is 9.00. The van der Waals surface area contributed by atoms with Gasteiger partial charge in [0, 0.05) is 42.8 Å². The van der Waals surface area contributed by atoms with Crippen molar-refractivity contribution in [3.8, 4) is 0 Å². The number of rotatable bonds is 5. The van der Waals surface area contributed by atoms with Crippen molar-refractivity contribution in [2.45, 2.75) is 19.9 Å². The Morgan fingerprint density at radius 1 is 1.11 bits per heavy atom. The molecule has 3 rings (SSSR count). The van der Waals surface area contributed by atoms with Crippen molar-refractivity contribution in [2.24, 2.45) is 5.92 Å². The van der Waals surface area contributed by atoms with Crippen LogP contribution in [0.4, 0.5) is 11.4 Å². The SMILES string of the molecule is CC(=O)Nc1ccc(N2CC(C(=O)NCc3ccc(Cl)cc3)CC2=O)cc1. The Hall–Kier alpha value is -2.86. The van der Waals surface area contributed by atoms with Crippen molar-refractivity contribution in [1.82, 2.24) is 5.32 Å². The Bertz CT molecular complexity index is 850. The molecule has 2 aromatic rings. The first kappa shape index (κ1) is 18.9. The molecule has 1 heterocycles. The molecule has 2 N–H and O–H groups in total. The summed E-state index contributed by atoms with van der Waals surface area (Å²) in [7, 11) is 0. The van der Waals surface area contributed by atoms with Crippen LogP contribution in [0, 0.1) is 5.92 Å². The van der Waals surface area contributed by atoms with Crippen LogP contribution < -0.4 is 15.5 Å². The topological polar surface area (TPSA) is 78.5 Å². The van der Waals surface area contributed by atoms with Crippen molar-refractivity contribution in [1.29, 1.82) is 0 Å². The van der Waals surface area contributed by atoms with Crippen molar-refractivity contribution in [3.05, 3.63) is 59.1 Å². The van der Waals surface area contributed by atoms with E-state index in [0.717, 1.165) is 5.56 Å². The molecule has 7 heteroatoms. The molecule has 6 nitrogen and oxygen atoms in total. The fourth-order valence-corrected chi connectivity index (χ4v) is 3.12. The maximum Gasteiger partial charge on any atom is 0.227 e. The van der Waals surface area contributed by atoms with Gasteiger partial charge in [0.1, 0.15) is 0 Å². The number of amides is 3. The predicted octanol–water partition coefficient (Wildman–Crippen LogP) is 2.97. The van der Waals surface area contributed by atoms with Gasteiger partial charge in [0.05, 0.1) is 5.92 Å². The van der Waals surface area contributed by atoms with Crippen molar-refractivity contribution < 1.29 is 14.4 Å². The molecule has 1 aliphatic rings. The third-order valence-electron chi connectivity index (χ3n) is 4.38. The van der Waals surface area contributed by atoms with E-state index in [1.165, 1.54) is 6.92 Å². The van der Waals surface area contributed by atoms with Crippen LogP contribution in [0.15, 0.2) is 48.5 Å². The summed E-state index contributed by atoms with van der Waals surface area (Å²) in [6.07, 6.45) is 0.180. The lowest BCUT2D eigenvalue weighted by Gasteiger charge is -2.17. The average Bonchev–Trinajstić information content (AvgIpc) is 3.03. The van der Waals surface area contributed by atoms with E-state index in [4.69, 9.17) is 11.6 Å². The van der Waals surface area contributed by atoms with E-state index in [9.17, 15) is 14.4 Å². The molecule has 2 aromatic carbocycles. The zero-order valence-electron chi connectivity index (χ0n) is 14.9. The number of benzene rings is 2. The molecule has 140 valence electrons. The summed E-state index contributed by atoms with van der Waals surface area (Å²) in [6.45, 7) is 2.17. The lowest BCUT2D eigenvalue weighted by Crippen LogP contribution is -2.32. The Balaban J connectivity index is 1.58. The summed E-state index contributed by atoms with van der Waals surface area (Å²) in [5.41, 5.74) is 2.32. The smallest absolute Gasteiger partial charge is 0.227 e. The number of anilines is 2. The second-order valence-corrected chi connectivity index (χ2v) is 6.91.